The maximum Gasteiger partial charge on any atom is 0.145 e. The zero-order valence-electron chi connectivity index (χ0n) is 7.89. The van der Waals surface area contributed by atoms with Gasteiger partial charge in [0.05, 0.1) is 5.69 Å². The monoisotopic (exact) mass is 220 g/mol. The third-order valence-corrected chi connectivity index (χ3v) is 2.42. The van der Waals surface area contributed by atoms with Crippen LogP contribution in [0, 0.1) is 0 Å². The van der Waals surface area contributed by atoms with Crippen molar-refractivity contribution in [3.63, 3.8) is 0 Å². The summed E-state index contributed by atoms with van der Waals surface area (Å²) in [6, 6.07) is 3.82. The first-order chi connectivity index (χ1) is 7.27. The van der Waals surface area contributed by atoms with Crippen LogP contribution in [0.15, 0.2) is 30.9 Å². The van der Waals surface area contributed by atoms with Crippen molar-refractivity contribution in [3.05, 3.63) is 47.1 Å². The largest absolute Gasteiger partial charge is 0.382 e. The number of nitrogens with zero attached hydrogens (tertiary/aromatic N) is 3. The van der Waals surface area contributed by atoms with Crippen LogP contribution in [0.1, 0.15) is 11.3 Å². The highest BCUT2D eigenvalue weighted by Gasteiger charge is 2.06. The predicted octanol–water partition coefficient (Wildman–Crippen LogP) is 1.70. The van der Waals surface area contributed by atoms with Gasteiger partial charge in [0.25, 0.3) is 0 Å². The molecule has 5 heteroatoms. The van der Waals surface area contributed by atoms with E-state index < -0.39 is 0 Å². The van der Waals surface area contributed by atoms with E-state index in [1.807, 2.05) is 12.1 Å². The number of halogens is 1. The average Bonchev–Trinajstić information content (AvgIpc) is 2.26. The van der Waals surface area contributed by atoms with Gasteiger partial charge in [0, 0.05) is 18.8 Å². The molecule has 76 valence electrons. The van der Waals surface area contributed by atoms with Gasteiger partial charge in [-0.25, -0.2) is 9.97 Å². The zero-order chi connectivity index (χ0) is 10.7. The fourth-order valence-electron chi connectivity index (χ4n) is 1.24. The van der Waals surface area contributed by atoms with E-state index in [1.165, 1.54) is 6.33 Å². The van der Waals surface area contributed by atoms with Crippen LogP contribution in [0.2, 0.25) is 5.02 Å². The second kappa shape index (κ2) is 4.23. The number of nitrogen functional groups attached to an aromatic ring is 1. The molecule has 0 saturated carbocycles. The second-order valence-corrected chi connectivity index (χ2v) is 3.43. The van der Waals surface area contributed by atoms with Crippen LogP contribution in [0.5, 0.6) is 0 Å². The molecule has 2 aromatic rings. The molecule has 0 aliphatic rings. The second-order valence-electron chi connectivity index (χ2n) is 3.05. The molecule has 0 unspecified atom stereocenters. The molecule has 0 amide bonds. The lowest BCUT2D eigenvalue weighted by Gasteiger charge is -2.04. The lowest BCUT2D eigenvalue weighted by Crippen LogP contribution is -1.99. The predicted molar refractivity (Wildman–Crippen MR) is 58.5 cm³/mol. The molecule has 4 nitrogen and oxygen atoms in total. The summed E-state index contributed by atoms with van der Waals surface area (Å²) in [5.41, 5.74) is 7.40. The number of hydrogen-bond donors (Lipinski definition) is 1. The van der Waals surface area contributed by atoms with Crippen LogP contribution in [-0.2, 0) is 6.42 Å². The maximum atomic E-state index is 5.98. The highest BCUT2D eigenvalue weighted by molar-refractivity contribution is 6.33. The van der Waals surface area contributed by atoms with E-state index in [0.717, 1.165) is 11.3 Å². The maximum absolute atomic E-state index is 5.98. The molecule has 15 heavy (non-hydrogen) atoms. The van der Waals surface area contributed by atoms with Crippen molar-refractivity contribution in [1.82, 2.24) is 15.0 Å². The van der Waals surface area contributed by atoms with Crippen LogP contribution in [0.25, 0.3) is 0 Å². The Morgan fingerprint density at radius 3 is 2.67 bits per heavy atom. The Morgan fingerprint density at radius 2 is 1.93 bits per heavy atom. The number of pyridine rings is 1. The van der Waals surface area contributed by atoms with Gasteiger partial charge in [-0.1, -0.05) is 11.6 Å². The molecule has 2 aromatic heterocycles. The van der Waals surface area contributed by atoms with E-state index in [9.17, 15) is 0 Å². The minimum atomic E-state index is 0.315. The molecule has 0 atom stereocenters. The van der Waals surface area contributed by atoms with E-state index in [1.54, 1.807) is 12.4 Å². The first-order valence-corrected chi connectivity index (χ1v) is 4.79. The van der Waals surface area contributed by atoms with Crippen molar-refractivity contribution in [1.29, 1.82) is 0 Å². The molecule has 0 bridgehead atoms. The van der Waals surface area contributed by atoms with Crippen LogP contribution in [0.4, 0.5) is 5.82 Å². The molecule has 0 aliphatic carbocycles. The highest BCUT2D eigenvalue weighted by atomic mass is 35.5. The zero-order valence-corrected chi connectivity index (χ0v) is 8.65. The first-order valence-electron chi connectivity index (χ1n) is 4.41. The molecule has 0 fully saturated rings. The molecule has 0 radical (unpaired) electrons. The fourth-order valence-corrected chi connectivity index (χ4v) is 1.40. The number of anilines is 1. The third-order valence-electron chi connectivity index (χ3n) is 2.01. The van der Waals surface area contributed by atoms with Gasteiger partial charge in [-0.2, -0.15) is 0 Å². The van der Waals surface area contributed by atoms with Gasteiger partial charge in [0.2, 0.25) is 0 Å². The van der Waals surface area contributed by atoms with Crippen LogP contribution in [0.3, 0.4) is 0 Å². The van der Waals surface area contributed by atoms with Gasteiger partial charge in [0.1, 0.15) is 17.2 Å². The third kappa shape index (κ3) is 2.22. The van der Waals surface area contributed by atoms with E-state index in [-0.39, 0.29) is 0 Å². The molecule has 0 spiro atoms. The summed E-state index contributed by atoms with van der Waals surface area (Å²) in [4.78, 5) is 11.8. The Kier molecular flexibility index (Phi) is 2.78. The molecule has 2 heterocycles. The van der Waals surface area contributed by atoms with Crippen molar-refractivity contribution < 1.29 is 0 Å². The summed E-state index contributed by atoms with van der Waals surface area (Å²) in [6.45, 7) is 0. The lowest BCUT2D eigenvalue weighted by atomic mass is 10.1. The van der Waals surface area contributed by atoms with Crippen molar-refractivity contribution in [2.75, 3.05) is 5.73 Å². The van der Waals surface area contributed by atoms with Gasteiger partial charge >= 0.3 is 0 Å². The molecular weight excluding hydrogens is 212 g/mol. The summed E-state index contributed by atoms with van der Waals surface area (Å²) in [5.74, 6) is 0.315. The summed E-state index contributed by atoms with van der Waals surface area (Å²) in [6.07, 6.45) is 5.51. The van der Waals surface area contributed by atoms with Gasteiger partial charge in [-0.3, -0.25) is 4.98 Å². The molecule has 0 saturated heterocycles. The van der Waals surface area contributed by atoms with E-state index in [2.05, 4.69) is 15.0 Å². The summed E-state index contributed by atoms with van der Waals surface area (Å²) in [5, 5.41) is 0.425. The first kappa shape index (κ1) is 9.86. The summed E-state index contributed by atoms with van der Waals surface area (Å²) in [7, 11) is 0. The van der Waals surface area contributed by atoms with Crippen molar-refractivity contribution in [2.45, 2.75) is 6.42 Å². The number of hydrogen-bond acceptors (Lipinski definition) is 4. The Balaban J connectivity index is 2.29. The van der Waals surface area contributed by atoms with Gasteiger partial charge < -0.3 is 5.73 Å². The molecule has 2 N–H and O–H groups in total. The van der Waals surface area contributed by atoms with Crippen molar-refractivity contribution in [2.24, 2.45) is 0 Å². The highest BCUT2D eigenvalue weighted by Crippen LogP contribution is 2.20. The van der Waals surface area contributed by atoms with E-state index >= 15 is 0 Å². The Morgan fingerprint density at radius 1 is 1.20 bits per heavy atom. The van der Waals surface area contributed by atoms with Gasteiger partial charge in [-0.05, 0) is 17.7 Å². The number of nitrogens with two attached hydrogens (primary N) is 1. The molecule has 2 rings (SSSR count). The molecule has 0 aromatic carbocycles. The fraction of sp³-hybridized carbons (Fsp3) is 0.100. The smallest absolute Gasteiger partial charge is 0.145 e. The van der Waals surface area contributed by atoms with Crippen molar-refractivity contribution in [3.8, 4) is 0 Å². The minimum absolute atomic E-state index is 0.315. The Hall–Kier alpha value is -1.68. The standard InChI is InChI=1S/C10H9ClN4/c11-9-8(14-6-15-10(9)12)5-7-1-3-13-4-2-7/h1-4,6H,5H2,(H2,12,14,15). The molecule has 0 aliphatic heterocycles. The average molecular weight is 221 g/mol. The quantitative estimate of drug-likeness (QED) is 0.837. The van der Waals surface area contributed by atoms with Crippen LogP contribution < -0.4 is 5.73 Å². The van der Waals surface area contributed by atoms with E-state index in [4.69, 9.17) is 17.3 Å². The number of rotatable bonds is 2. The van der Waals surface area contributed by atoms with Crippen LogP contribution >= 0.6 is 11.6 Å². The normalized spacial score (nSPS) is 10.2. The van der Waals surface area contributed by atoms with E-state index in [0.29, 0.717) is 17.3 Å². The molecular formula is C10H9ClN4. The minimum Gasteiger partial charge on any atom is -0.382 e. The van der Waals surface area contributed by atoms with Gasteiger partial charge in [-0.15, -0.1) is 0 Å². The Labute approximate surface area is 92.2 Å². The van der Waals surface area contributed by atoms with Crippen molar-refractivity contribution >= 4 is 17.4 Å². The summed E-state index contributed by atoms with van der Waals surface area (Å²) < 4.78 is 0. The Bertz CT molecular complexity index is 458. The summed E-state index contributed by atoms with van der Waals surface area (Å²) >= 11 is 5.98. The SMILES string of the molecule is Nc1ncnc(Cc2ccncc2)c1Cl. The number of aromatic nitrogens is 3. The topological polar surface area (TPSA) is 64.7 Å². The van der Waals surface area contributed by atoms with Gasteiger partial charge in [0.15, 0.2) is 0 Å². The van der Waals surface area contributed by atoms with Crippen LogP contribution in [-0.4, -0.2) is 15.0 Å². The lowest BCUT2D eigenvalue weighted by molar-refractivity contribution is 1.03.